The zero-order chi connectivity index (χ0) is 13.1. The quantitative estimate of drug-likeness (QED) is 0.821. The van der Waals surface area contributed by atoms with E-state index in [1.54, 1.807) is 0 Å². The summed E-state index contributed by atoms with van der Waals surface area (Å²) in [6.45, 7) is 9.71. The van der Waals surface area contributed by atoms with Crippen molar-refractivity contribution in [3.63, 3.8) is 0 Å². The zero-order valence-corrected chi connectivity index (χ0v) is 11.7. The summed E-state index contributed by atoms with van der Waals surface area (Å²) in [6, 6.07) is 0.0735. The van der Waals surface area contributed by atoms with Gasteiger partial charge < -0.3 is 10.0 Å². The van der Waals surface area contributed by atoms with Gasteiger partial charge in [0.1, 0.15) is 0 Å². The lowest BCUT2D eigenvalue weighted by atomic mass is 9.84. The van der Waals surface area contributed by atoms with Crippen LogP contribution in [0.25, 0.3) is 0 Å². The summed E-state index contributed by atoms with van der Waals surface area (Å²) in [4.78, 5) is 14.0. The summed E-state index contributed by atoms with van der Waals surface area (Å²) in [6.07, 6.45) is 3.67. The topological polar surface area (TPSA) is 40.5 Å². The molecule has 1 amide bonds. The first-order chi connectivity index (χ1) is 7.83. The minimum atomic E-state index is 0.0735. The number of likely N-dealkylation sites (tertiary alicyclic amines) is 1. The van der Waals surface area contributed by atoms with Crippen LogP contribution in [0.4, 0.5) is 0 Å². The molecule has 0 spiro atoms. The number of carbonyl (C=O) groups is 1. The van der Waals surface area contributed by atoms with Gasteiger partial charge in [-0.1, -0.05) is 27.7 Å². The van der Waals surface area contributed by atoms with E-state index in [1.165, 1.54) is 0 Å². The Hall–Kier alpha value is -0.570. The largest absolute Gasteiger partial charge is 0.394 e. The molecule has 1 rings (SSSR count). The summed E-state index contributed by atoms with van der Waals surface area (Å²) in [7, 11) is 0. The summed E-state index contributed by atoms with van der Waals surface area (Å²) in [5, 5.41) is 9.21. The number of hydrogen-bond donors (Lipinski definition) is 1. The van der Waals surface area contributed by atoms with Crippen molar-refractivity contribution in [2.75, 3.05) is 13.2 Å². The minimum Gasteiger partial charge on any atom is -0.394 e. The predicted octanol–water partition coefficient (Wildman–Crippen LogP) is 2.43. The third-order valence-corrected chi connectivity index (χ3v) is 3.39. The van der Waals surface area contributed by atoms with Gasteiger partial charge in [0, 0.05) is 13.0 Å². The molecule has 100 valence electrons. The van der Waals surface area contributed by atoms with Gasteiger partial charge in [-0.25, -0.2) is 0 Å². The van der Waals surface area contributed by atoms with Gasteiger partial charge in [0.05, 0.1) is 12.6 Å². The van der Waals surface area contributed by atoms with Crippen molar-refractivity contribution in [2.24, 2.45) is 11.3 Å². The maximum absolute atomic E-state index is 12.1. The normalized spacial score (nSPS) is 22.9. The van der Waals surface area contributed by atoms with Crippen LogP contribution < -0.4 is 0 Å². The van der Waals surface area contributed by atoms with E-state index in [1.807, 2.05) is 4.90 Å². The fraction of sp³-hybridized carbons (Fsp3) is 0.929. The van der Waals surface area contributed by atoms with Crippen LogP contribution in [0.5, 0.6) is 0 Å². The number of aliphatic hydroxyl groups is 1. The second-order valence-electron chi connectivity index (χ2n) is 6.64. The van der Waals surface area contributed by atoms with E-state index in [9.17, 15) is 9.90 Å². The molecule has 1 aliphatic heterocycles. The smallest absolute Gasteiger partial charge is 0.223 e. The molecule has 17 heavy (non-hydrogen) atoms. The Morgan fingerprint density at radius 2 is 2.12 bits per heavy atom. The van der Waals surface area contributed by atoms with E-state index in [4.69, 9.17) is 0 Å². The lowest BCUT2D eigenvalue weighted by Gasteiger charge is -2.27. The number of hydrogen-bond acceptors (Lipinski definition) is 2. The molecule has 1 aliphatic rings. The van der Waals surface area contributed by atoms with Gasteiger partial charge in [0.25, 0.3) is 0 Å². The monoisotopic (exact) mass is 241 g/mol. The van der Waals surface area contributed by atoms with E-state index in [-0.39, 0.29) is 24.0 Å². The molecule has 0 aromatic rings. The fourth-order valence-corrected chi connectivity index (χ4v) is 2.89. The molecular formula is C14H27NO2. The van der Waals surface area contributed by atoms with Gasteiger partial charge in [-0.05, 0) is 30.6 Å². The van der Waals surface area contributed by atoms with Gasteiger partial charge in [-0.15, -0.1) is 0 Å². The second-order valence-corrected chi connectivity index (χ2v) is 6.64. The maximum atomic E-state index is 12.1. The van der Waals surface area contributed by atoms with Gasteiger partial charge in [0.2, 0.25) is 5.91 Å². The van der Waals surface area contributed by atoms with E-state index >= 15 is 0 Å². The van der Waals surface area contributed by atoms with Crippen LogP contribution in [-0.4, -0.2) is 35.1 Å². The van der Waals surface area contributed by atoms with E-state index in [0.717, 1.165) is 25.8 Å². The van der Waals surface area contributed by atoms with Gasteiger partial charge in [0.15, 0.2) is 0 Å². The first kappa shape index (κ1) is 14.5. The first-order valence-electron chi connectivity index (χ1n) is 6.74. The van der Waals surface area contributed by atoms with E-state index < -0.39 is 0 Å². The van der Waals surface area contributed by atoms with Crippen LogP contribution in [0.1, 0.15) is 53.4 Å². The average Bonchev–Trinajstić information content (AvgIpc) is 2.61. The van der Waals surface area contributed by atoms with Crippen molar-refractivity contribution < 1.29 is 9.90 Å². The standard InChI is InChI=1S/C14H27NO2/c1-11(9-14(2,3)4)8-13(17)15-7-5-6-12(15)10-16/h11-12,16H,5-10H2,1-4H3. The van der Waals surface area contributed by atoms with Crippen LogP contribution >= 0.6 is 0 Å². The molecule has 3 nitrogen and oxygen atoms in total. The summed E-state index contributed by atoms with van der Waals surface area (Å²) in [5.41, 5.74) is 0.279. The third kappa shape index (κ3) is 4.66. The number of amides is 1. The zero-order valence-electron chi connectivity index (χ0n) is 11.7. The lowest BCUT2D eigenvalue weighted by molar-refractivity contribution is -0.133. The molecule has 1 saturated heterocycles. The molecule has 0 saturated carbocycles. The van der Waals surface area contributed by atoms with Crippen molar-refractivity contribution >= 4 is 5.91 Å². The highest BCUT2D eigenvalue weighted by atomic mass is 16.3. The fourth-order valence-electron chi connectivity index (χ4n) is 2.89. The van der Waals surface area contributed by atoms with E-state index in [0.29, 0.717) is 12.3 Å². The Labute approximate surface area is 105 Å². The summed E-state index contributed by atoms with van der Waals surface area (Å²) >= 11 is 0. The molecular weight excluding hydrogens is 214 g/mol. The van der Waals surface area contributed by atoms with E-state index in [2.05, 4.69) is 27.7 Å². The van der Waals surface area contributed by atoms with Crippen molar-refractivity contribution in [2.45, 2.75) is 59.4 Å². The van der Waals surface area contributed by atoms with Crippen LogP contribution in [0.15, 0.2) is 0 Å². The highest BCUT2D eigenvalue weighted by Gasteiger charge is 2.29. The molecule has 0 aromatic carbocycles. The number of rotatable bonds is 4. The molecule has 1 heterocycles. The molecule has 0 bridgehead atoms. The Morgan fingerprint density at radius 3 is 2.65 bits per heavy atom. The number of aliphatic hydroxyl groups excluding tert-OH is 1. The molecule has 2 atom stereocenters. The predicted molar refractivity (Wildman–Crippen MR) is 69.7 cm³/mol. The maximum Gasteiger partial charge on any atom is 0.223 e. The molecule has 1 fully saturated rings. The SMILES string of the molecule is CC(CC(=O)N1CCCC1CO)CC(C)(C)C. The molecule has 0 aromatic heterocycles. The molecule has 0 aliphatic carbocycles. The highest BCUT2D eigenvalue weighted by molar-refractivity contribution is 5.77. The van der Waals surface area contributed by atoms with Crippen LogP contribution in [0.3, 0.4) is 0 Å². The van der Waals surface area contributed by atoms with Gasteiger partial charge >= 0.3 is 0 Å². The molecule has 2 unspecified atom stereocenters. The first-order valence-corrected chi connectivity index (χ1v) is 6.74. The number of carbonyl (C=O) groups excluding carboxylic acids is 1. The molecule has 0 radical (unpaired) electrons. The van der Waals surface area contributed by atoms with Crippen molar-refractivity contribution in [3.05, 3.63) is 0 Å². The molecule has 1 N–H and O–H groups in total. The van der Waals surface area contributed by atoms with Crippen molar-refractivity contribution in [1.29, 1.82) is 0 Å². The minimum absolute atomic E-state index is 0.0735. The highest BCUT2D eigenvalue weighted by Crippen LogP contribution is 2.27. The Kier molecular flexibility index (Phi) is 4.99. The Balaban J connectivity index is 2.43. The van der Waals surface area contributed by atoms with Crippen LogP contribution in [0.2, 0.25) is 0 Å². The van der Waals surface area contributed by atoms with Crippen LogP contribution in [0, 0.1) is 11.3 Å². The summed E-state index contributed by atoms with van der Waals surface area (Å²) < 4.78 is 0. The Bertz CT molecular complexity index is 257. The summed E-state index contributed by atoms with van der Waals surface area (Å²) in [5.74, 6) is 0.640. The van der Waals surface area contributed by atoms with Gasteiger partial charge in [-0.3, -0.25) is 4.79 Å². The van der Waals surface area contributed by atoms with Crippen molar-refractivity contribution in [3.8, 4) is 0 Å². The number of nitrogens with zero attached hydrogens (tertiary/aromatic N) is 1. The third-order valence-electron chi connectivity index (χ3n) is 3.39. The molecule has 3 heteroatoms. The Morgan fingerprint density at radius 1 is 1.47 bits per heavy atom. The van der Waals surface area contributed by atoms with Crippen LogP contribution in [-0.2, 0) is 4.79 Å². The average molecular weight is 241 g/mol. The van der Waals surface area contributed by atoms with Gasteiger partial charge in [-0.2, -0.15) is 0 Å². The van der Waals surface area contributed by atoms with Crippen molar-refractivity contribution in [1.82, 2.24) is 4.90 Å². The second kappa shape index (κ2) is 5.85. The lowest BCUT2D eigenvalue weighted by Crippen LogP contribution is -2.38.